The van der Waals surface area contributed by atoms with E-state index >= 15 is 0 Å². The van der Waals surface area contributed by atoms with Gasteiger partial charge in [0.15, 0.2) is 0 Å². The maximum absolute atomic E-state index is 12.7. The Morgan fingerprint density at radius 3 is 2.35 bits per heavy atom. The van der Waals surface area contributed by atoms with Gasteiger partial charge in [0.2, 0.25) is 5.91 Å². The van der Waals surface area contributed by atoms with Crippen LogP contribution in [0.2, 0.25) is 0 Å². The summed E-state index contributed by atoms with van der Waals surface area (Å²) in [4.78, 5) is 23.3. The molecule has 1 N–H and O–H groups in total. The van der Waals surface area contributed by atoms with E-state index in [4.69, 9.17) is 4.74 Å². The lowest BCUT2D eigenvalue weighted by atomic mass is 10.2. The number of amides is 1. The fourth-order valence-corrected chi connectivity index (χ4v) is 1.97. The number of carbonyl (C=O) groups excluding carboxylic acids is 2. The fourth-order valence-electron chi connectivity index (χ4n) is 1.97. The third kappa shape index (κ3) is 6.30. The summed E-state index contributed by atoms with van der Waals surface area (Å²) in [6, 6.07) is 15.1. The molecule has 0 fully saturated rings. The first-order valence-electron chi connectivity index (χ1n) is 7.38. The molecular weight excluding hydrogens is 297 g/mol. The van der Waals surface area contributed by atoms with Crippen molar-refractivity contribution in [2.45, 2.75) is 19.3 Å². The molecular formula is C18H18FNO3. The van der Waals surface area contributed by atoms with Gasteiger partial charge in [0, 0.05) is 18.5 Å². The molecule has 2 rings (SSSR count). The van der Waals surface area contributed by atoms with E-state index in [0.29, 0.717) is 18.7 Å². The normalized spacial score (nSPS) is 10.1. The van der Waals surface area contributed by atoms with E-state index in [9.17, 15) is 14.0 Å². The van der Waals surface area contributed by atoms with Crippen molar-refractivity contribution < 1.29 is 18.7 Å². The second-order valence-corrected chi connectivity index (χ2v) is 5.01. The van der Waals surface area contributed by atoms with Crippen molar-refractivity contribution in [2.24, 2.45) is 0 Å². The van der Waals surface area contributed by atoms with Gasteiger partial charge in [0.1, 0.15) is 5.82 Å². The van der Waals surface area contributed by atoms with Crippen molar-refractivity contribution in [1.29, 1.82) is 0 Å². The summed E-state index contributed by atoms with van der Waals surface area (Å²) in [6.45, 7) is 0.294. The number of anilines is 1. The second kappa shape index (κ2) is 8.68. The van der Waals surface area contributed by atoms with Crippen LogP contribution in [0.4, 0.5) is 10.1 Å². The van der Waals surface area contributed by atoms with E-state index in [1.54, 1.807) is 0 Å². The largest absolute Gasteiger partial charge is 0.465 e. The molecule has 0 heterocycles. The highest BCUT2D eigenvalue weighted by molar-refractivity contribution is 5.92. The lowest BCUT2D eigenvalue weighted by molar-refractivity contribution is -0.144. The molecule has 5 heteroatoms. The van der Waals surface area contributed by atoms with Gasteiger partial charge in [-0.1, -0.05) is 30.3 Å². The van der Waals surface area contributed by atoms with Gasteiger partial charge in [-0.05, 0) is 29.8 Å². The molecule has 23 heavy (non-hydrogen) atoms. The third-order valence-electron chi connectivity index (χ3n) is 3.18. The second-order valence-electron chi connectivity index (χ2n) is 5.01. The summed E-state index contributed by atoms with van der Waals surface area (Å²) >= 11 is 0. The van der Waals surface area contributed by atoms with Gasteiger partial charge in [0.25, 0.3) is 0 Å². The van der Waals surface area contributed by atoms with Crippen molar-refractivity contribution in [3.8, 4) is 0 Å². The van der Waals surface area contributed by atoms with E-state index in [1.807, 2.05) is 30.3 Å². The fraction of sp³-hybridized carbons (Fsp3) is 0.222. The van der Waals surface area contributed by atoms with Crippen molar-refractivity contribution in [2.75, 3.05) is 11.9 Å². The monoisotopic (exact) mass is 315 g/mol. The van der Waals surface area contributed by atoms with Gasteiger partial charge in [-0.15, -0.1) is 0 Å². The molecule has 0 aliphatic rings. The Labute approximate surface area is 134 Å². The van der Waals surface area contributed by atoms with Crippen LogP contribution < -0.4 is 5.32 Å². The van der Waals surface area contributed by atoms with Crippen LogP contribution >= 0.6 is 0 Å². The molecule has 2 aromatic carbocycles. The predicted molar refractivity (Wildman–Crippen MR) is 85.4 cm³/mol. The maximum Gasteiger partial charge on any atom is 0.306 e. The number of benzene rings is 2. The number of carbonyl (C=O) groups is 2. The topological polar surface area (TPSA) is 55.4 Å². The standard InChI is InChI=1S/C18H18FNO3/c19-15-6-8-16(9-7-15)20-17(21)10-11-18(22)23-13-12-14-4-2-1-3-5-14/h1-9H,10-13H2,(H,20,21). The average molecular weight is 315 g/mol. The summed E-state index contributed by atoms with van der Waals surface area (Å²) < 4.78 is 17.8. The molecule has 0 aliphatic heterocycles. The Kier molecular flexibility index (Phi) is 6.29. The number of halogens is 1. The minimum atomic E-state index is -0.407. The van der Waals surface area contributed by atoms with Gasteiger partial charge < -0.3 is 10.1 Å². The summed E-state index contributed by atoms with van der Waals surface area (Å²) in [5, 5.41) is 2.59. The van der Waals surface area contributed by atoms with Crippen LogP contribution in [-0.4, -0.2) is 18.5 Å². The van der Waals surface area contributed by atoms with Crippen LogP contribution in [0.3, 0.4) is 0 Å². The highest BCUT2D eigenvalue weighted by Gasteiger charge is 2.08. The molecule has 0 aliphatic carbocycles. The van der Waals surface area contributed by atoms with Gasteiger partial charge in [-0.25, -0.2) is 4.39 Å². The van der Waals surface area contributed by atoms with Crippen LogP contribution in [-0.2, 0) is 20.7 Å². The van der Waals surface area contributed by atoms with E-state index in [0.717, 1.165) is 5.56 Å². The lowest BCUT2D eigenvalue weighted by Gasteiger charge is -2.06. The Hall–Kier alpha value is -2.69. The first kappa shape index (κ1) is 16.7. The van der Waals surface area contributed by atoms with Crippen LogP contribution in [0, 0.1) is 5.82 Å². The van der Waals surface area contributed by atoms with Crippen molar-refractivity contribution in [1.82, 2.24) is 0 Å². The summed E-state index contributed by atoms with van der Waals surface area (Å²) in [5.74, 6) is -1.09. The molecule has 0 unspecified atom stereocenters. The zero-order chi connectivity index (χ0) is 16.5. The van der Waals surface area contributed by atoms with E-state index < -0.39 is 5.97 Å². The Balaban J connectivity index is 1.63. The molecule has 0 saturated heterocycles. The number of esters is 1. The summed E-state index contributed by atoms with van der Waals surface area (Å²) in [6.07, 6.45) is 0.692. The third-order valence-corrected chi connectivity index (χ3v) is 3.18. The van der Waals surface area contributed by atoms with E-state index in [1.165, 1.54) is 24.3 Å². The number of hydrogen-bond acceptors (Lipinski definition) is 3. The summed E-state index contributed by atoms with van der Waals surface area (Å²) in [7, 11) is 0. The highest BCUT2D eigenvalue weighted by Crippen LogP contribution is 2.09. The maximum atomic E-state index is 12.7. The predicted octanol–water partition coefficient (Wildman–Crippen LogP) is 3.33. The number of ether oxygens (including phenoxy) is 1. The van der Waals surface area contributed by atoms with Gasteiger partial charge in [-0.3, -0.25) is 9.59 Å². The van der Waals surface area contributed by atoms with Crippen molar-refractivity contribution >= 4 is 17.6 Å². The minimum absolute atomic E-state index is 0.0157. The van der Waals surface area contributed by atoms with Gasteiger partial charge in [-0.2, -0.15) is 0 Å². The Morgan fingerprint density at radius 2 is 1.65 bits per heavy atom. The first-order valence-corrected chi connectivity index (χ1v) is 7.38. The van der Waals surface area contributed by atoms with Crippen LogP contribution in [0.1, 0.15) is 18.4 Å². The van der Waals surface area contributed by atoms with Crippen molar-refractivity contribution in [3.63, 3.8) is 0 Å². The first-order chi connectivity index (χ1) is 11.1. The molecule has 0 radical (unpaired) electrons. The zero-order valence-electron chi connectivity index (χ0n) is 12.6. The van der Waals surface area contributed by atoms with E-state index in [-0.39, 0.29) is 24.6 Å². The number of nitrogens with one attached hydrogen (secondary N) is 1. The molecule has 120 valence electrons. The summed E-state index contributed by atoms with van der Waals surface area (Å²) in [5.41, 5.74) is 1.59. The Bertz CT molecular complexity index is 641. The quantitative estimate of drug-likeness (QED) is 0.797. The molecule has 0 spiro atoms. The molecule has 0 atom stereocenters. The van der Waals surface area contributed by atoms with Crippen LogP contribution in [0.5, 0.6) is 0 Å². The number of hydrogen-bond donors (Lipinski definition) is 1. The Morgan fingerprint density at radius 1 is 0.957 bits per heavy atom. The minimum Gasteiger partial charge on any atom is -0.465 e. The molecule has 0 aromatic heterocycles. The highest BCUT2D eigenvalue weighted by atomic mass is 19.1. The van der Waals surface area contributed by atoms with Gasteiger partial charge >= 0.3 is 5.97 Å². The van der Waals surface area contributed by atoms with Gasteiger partial charge in [0.05, 0.1) is 13.0 Å². The molecule has 0 saturated carbocycles. The van der Waals surface area contributed by atoms with E-state index in [2.05, 4.69) is 5.32 Å². The van der Waals surface area contributed by atoms with Crippen LogP contribution in [0.25, 0.3) is 0 Å². The lowest BCUT2D eigenvalue weighted by Crippen LogP contribution is -2.15. The molecule has 4 nitrogen and oxygen atoms in total. The average Bonchev–Trinajstić information content (AvgIpc) is 2.56. The molecule has 1 amide bonds. The van der Waals surface area contributed by atoms with Crippen molar-refractivity contribution in [3.05, 3.63) is 66.0 Å². The zero-order valence-corrected chi connectivity index (χ0v) is 12.6. The number of rotatable bonds is 7. The molecule has 0 bridgehead atoms. The SMILES string of the molecule is O=C(CCC(=O)OCCc1ccccc1)Nc1ccc(F)cc1. The van der Waals surface area contributed by atoms with Crippen LogP contribution in [0.15, 0.2) is 54.6 Å². The molecule has 2 aromatic rings. The smallest absolute Gasteiger partial charge is 0.306 e.